The summed E-state index contributed by atoms with van der Waals surface area (Å²) in [6, 6.07) is 0.773. The molecule has 3 heteroatoms. The van der Waals surface area contributed by atoms with Gasteiger partial charge in [-0.05, 0) is 18.0 Å². The van der Waals surface area contributed by atoms with Crippen molar-refractivity contribution < 1.29 is 4.11 Å². The summed E-state index contributed by atoms with van der Waals surface area (Å²) in [5.41, 5.74) is 0. The van der Waals surface area contributed by atoms with Gasteiger partial charge >= 0.3 is 0 Å². The van der Waals surface area contributed by atoms with Gasteiger partial charge in [0.2, 0.25) is 0 Å². The Morgan fingerprint density at radius 2 is 2.27 bits per heavy atom. The van der Waals surface area contributed by atoms with Gasteiger partial charge in [-0.1, -0.05) is 26.8 Å². The fourth-order valence-corrected chi connectivity index (χ4v) is 4.43. The summed E-state index contributed by atoms with van der Waals surface area (Å²) in [6.07, 6.45) is 0.960. The lowest BCUT2D eigenvalue weighted by Crippen LogP contribution is -2.35. The maximum atomic E-state index is 13.7. The number of thioether (sulfide) groups is 1. The molecule has 0 aromatic rings. The van der Waals surface area contributed by atoms with Crippen molar-refractivity contribution in [3.8, 4) is 0 Å². The minimum atomic E-state index is -2.44. The molecule has 0 aliphatic carbocycles. The van der Waals surface area contributed by atoms with E-state index in [4.69, 9.17) is 0 Å². The van der Waals surface area contributed by atoms with Gasteiger partial charge in [0.15, 0.2) is 0 Å². The zero-order valence-electron chi connectivity index (χ0n) is 7.56. The summed E-state index contributed by atoms with van der Waals surface area (Å²) in [4.78, 5) is 0.153. The Labute approximate surface area is 74.4 Å². The average Bonchev–Trinajstić information content (AvgIpc) is 1.88. The van der Waals surface area contributed by atoms with Crippen LogP contribution in [0.4, 0.5) is 4.11 Å². The molecule has 66 valence electrons. The van der Waals surface area contributed by atoms with Gasteiger partial charge < -0.3 is 4.11 Å². The highest BCUT2D eigenvalue weighted by molar-refractivity contribution is 8.04. The molecule has 0 heterocycles. The Kier molecular flexibility index (Phi) is 5.09. The second kappa shape index (κ2) is 4.98. The normalized spacial score (nSPS) is 18.9. The number of rotatable bonds is 5. The third kappa shape index (κ3) is 3.96. The van der Waals surface area contributed by atoms with E-state index in [-0.39, 0.29) is 4.87 Å². The maximum absolute atomic E-state index is 13.7. The zero-order valence-corrected chi connectivity index (χ0v) is 9.38. The van der Waals surface area contributed by atoms with E-state index in [1.54, 1.807) is 12.0 Å². The lowest BCUT2D eigenvalue weighted by Gasteiger charge is -2.22. The molecule has 11 heavy (non-hydrogen) atoms. The van der Waals surface area contributed by atoms with Gasteiger partial charge in [0, 0.05) is 4.87 Å². The van der Waals surface area contributed by atoms with Crippen molar-refractivity contribution in [2.45, 2.75) is 37.7 Å². The smallest absolute Gasteiger partial charge is 0.256 e. The molecule has 0 fully saturated rings. The third-order valence-electron chi connectivity index (χ3n) is 1.89. The number of hydrogen-bond acceptors (Lipinski definition) is 1. The molecule has 0 rings (SSSR count). The molecule has 0 saturated carbocycles. The largest absolute Gasteiger partial charge is 0.313 e. The second-order valence-corrected chi connectivity index (χ2v) is 8.63. The molecule has 0 aromatic carbocycles. The molecule has 0 aliphatic rings. The van der Waals surface area contributed by atoms with Gasteiger partial charge in [-0.15, -0.1) is 11.8 Å². The zero-order chi connectivity index (χ0) is 8.91. The fraction of sp³-hybridized carbons (Fsp3) is 0.750. The van der Waals surface area contributed by atoms with Gasteiger partial charge in [-0.25, -0.2) is 0 Å². The number of hydrogen-bond donors (Lipinski definition) is 0. The molecular formula is C8H17FSSi. The fourth-order valence-electron chi connectivity index (χ4n) is 0.978. The van der Waals surface area contributed by atoms with E-state index >= 15 is 0 Å². The van der Waals surface area contributed by atoms with Crippen molar-refractivity contribution in [2.24, 2.45) is 0 Å². The monoisotopic (exact) mass is 192 g/mol. The van der Waals surface area contributed by atoms with Crippen molar-refractivity contribution >= 4 is 20.2 Å². The van der Waals surface area contributed by atoms with Gasteiger partial charge in [-0.2, -0.15) is 0 Å². The van der Waals surface area contributed by atoms with Crippen molar-refractivity contribution in [3.63, 3.8) is 0 Å². The summed E-state index contributed by atoms with van der Waals surface area (Å²) >= 11 is 1.53. The summed E-state index contributed by atoms with van der Waals surface area (Å²) in [6.45, 7) is 9.40. The first-order chi connectivity index (χ1) is 5.04. The Hall–Kier alpha value is 0.237. The van der Waals surface area contributed by atoms with Crippen LogP contribution in [-0.2, 0) is 0 Å². The van der Waals surface area contributed by atoms with Crippen LogP contribution in [0.2, 0.25) is 12.6 Å². The van der Waals surface area contributed by atoms with E-state index in [1.807, 2.05) is 13.8 Å². The molecule has 0 saturated heterocycles. The molecular weight excluding hydrogens is 175 g/mol. The van der Waals surface area contributed by atoms with E-state index in [1.165, 1.54) is 11.8 Å². The molecule has 0 radical (unpaired) electrons. The molecule has 0 nitrogen and oxygen atoms in total. The highest BCUT2D eigenvalue weighted by Crippen LogP contribution is 2.27. The lowest BCUT2D eigenvalue weighted by atomic mass is 10.6. The second-order valence-electron chi connectivity index (χ2n) is 2.97. The Morgan fingerprint density at radius 1 is 1.73 bits per heavy atom. The van der Waals surface area contributed by atoms with E-state index in [2.05, 4.69) is 6.58 Å². The minimum Gasteiger partial charge on any atom is -0.313 e. The lowest BCUT2D eigenvalue weighted by molar-refractivity contribution is 0.750. The van der Waals surface area contributed by atoms with Crippen LogP contribution in [0.5, 0.6) is 0 Å². The number of halogens is 1. The Morgan fingerprint density at radius 3 is 2.64 bits per heavy atom. The van der Waals surface area contributed by atoms with E-state index in [0.29, 0.717) is 0 Å². The van der Waals surface area contributed by atoms with Crippen LogP contribution in [0.1, 0.15) is 20.3 Å². The van der Waals surface area contributed by atoms with Crippen molar-refractivity contribution in [3.05, 3.63) is 12.0 Å². The first-order valence-electron chi connectivity index (χ1n) is 4.00. The molecule has 0 aromatic heterocycles. The molecule has 0 aliphatic heterocycles. The molecule has 2 atom stereocenters. The molecule has 0 spiro atoms. The molecule has 2 unspecified atom stereocenters. The SMILES string of the molecule is C=CSC(C)[Si](C)(F)CCC. The Bertz CT molecular complexity index is 125. The van der Waals surface area contributed by atoms with Gasteiger partial charge in [0.1, 0.15) is 0 Å². The first kappa shape index (κ1) is 11.2. The predicted octanol–water partition coefficient (Wildman–Crippen LogP) is 3.75. The predicted molar refractivity (Wildman–Crippen MR) is 55.1 cm³/mol. The summed E-state index contributed by atoms with van der Waals surface area (Å²) in [5.74, 6) is 0. The van der Waals surface area contributed by atoms with Crippen molar-refractivity contribution in [1.29, 1.82) is 0 Å². The Balaban J connectivity index is 3.93. The van der Waals surface area contributed by atoms with Gasteiger partial charge in [-0.3, -0.25) is 0 Å². The van der Waals surface area contributed by atoms with Crippen molar-refractivity contribution in [2.75, 3.05) is 0 Å². The summed E-state index contributed by atoms with van der Waals surface area (Å²) in [5, 5.41) is 1.74. The first-order valence-corrected chi connectivity index (χ1v) is 7.60. The van der Waals surface area contributed by atoms with Crippen LogP contribution in [0, 0.1) is 0 Å². The molecule has 0 amide bonds. The van der Waals surface area contributed by atoms with Crippen LogP contribution in [0.15, 0.2) is 12.0 Å². The van der Waals surface area contributed by atoms with Crippen LogP contribution >= 0.6 is 11.8 Å². The molecule has 0 N–H and O–H groups in total. The standard InChI is InChI=1S/C8H17FSSi/c1-5-7-11(4,9)8(3)10-6-2/h6,8H,2,5,7H2,1,3-4H3. The van der Waals surface area contributed by atoms with E-state index < -0.39 is 8.41 Å². The van der Waals surface area contributed by atoms with Crippen LogP contribution in [0.3, 0.4) is 0 Å². The summed E-state index contributed by atoms with van der Waals surface area (Å²) < 4.78 is 13.7. The van der Waals surface area contributed by atoms with E-state index in [0.717, 1.165) is 12.5 Å². The topological polar surface area (TPSA) is 0 Å². The van der Waals surface area contributed by atoms with Crippen LogP contribution < -0.4 is 0 Å². The van der Waals surface area contributed by atoms with E-state index in [9.17, 15) is 4.11 Å². The maximum Gasteiger partial charge on any atom is 0.256 e. The minimum absolute atomic E-state index is 0.153. The van der Waals surface area contributed by atoms with Gasteiger partial charge in [0.05, 0.1) is 0 Å². The van der Waals surface area contributed by atoms with Crippen molar-refractivity contribution in [1.82, 2.24) is 0 Å². The van der Waals surface area contributed by atoms with Gasteiger partial charge in [0.25, 0.3) is 8.41 Å². The van der Waals surface area contributed by atoms with Crippen LogP contribution in [0.25, 0.3) is 0 Å². The molecule has 0 bridgehead atoms. The highest BCUT2D eigenvalue weighted by Gasteiger charge is 2.33. The average molecular weight is 192 g/mol. The highest BCUT2D eigenvalue weighted by atomic mass is 32.2. The quantitative estimate of drug-likeness (QED) is 0.472. The van der Waals surface area contributed by atoms with Crippen LogP contribution in [-0.4, -0.2) is 13.3 Å². The summed E-state index contributed by atoms with van der Waals surface area (Å²) in [7, 11) is -2.44. The third-order valence-corrected chi connectivity index (χ3v) is 7.54.